The summed E-state index contributed by atoms with van der Waals surface area (Å²) in [5, 5.41) is 0. The normalized spacial score (nSPS) is 45.2. The summed E-state index contributed by atoms with van der Waals surface area (Å²) in [4.78, 5) is 11.0. The topological polar surface area (TPSA) is 35.5 Å². The van der Waals surface area contributed by atoms with Crippen LogP contribution in [0.25, 0.3) is 0 Å². The third kappa shape index (κ3) is 2.81. The van der Waals surface area contributed by atoms with E-state index in [2.05, 4.69) is 13.8 Å². The van der Waals surface area contributed by atoms with Crippen molar-refractivity contribution in [2.45, 2.75) is 78.6 Å². The van der Waals surface area contributed by atoms with Crippen LogP contribution < -0.4 is 0 Å². The average Bonchev–Trinajstić information content (AvgIpc) is 3.17. The number of hydrogen-bond acceptors (Lipinski definition) is 3. The molecule has 3 heteroatoms. The van der Waals surface area contributed by atoms with Crippen LogP contribution >= 0.6 is 0 Å². The number of fused-ring (bicyclic) bond motifs is 9. The van der Waals surface area contributed by atoms with Crippen molar-refractivity contribution in [1.82, 2.24) is 0 Å². The average molecular weight is 308 g/mol. The van der Waals surface area contributed by atoms with Crippen molar-refractivity contribution in [2.24, 2.45) is 35.5 Å². The first-order valence-electron chi connectivity index (χ1n) is 9.37. The number of carbonyl (C=O) groups excluding carboxylic acids is 1. The second-order valence-electron chi connectivity index (χ2n) is 7.94. The lowest BCUT2D eigenvalue weighted by molar-refractivity contribution is -0.191. The van der Waals surface area contributed by atoms with E-state index < -0.39 is 0 Å². The highest BCUT2D eigenvalue weighted by Gasteiger charge is 2.62. The summed E-state index contributed by atoms with van der Waals surface area (Å²) in [6.45, 7) is 7.55. The van der Waals surface area contributed by atoms with Crippen molar-refractivity contribution in [1.29, 1.82) is 0 Å². The van der Waals surface area contributed by atoms with Crippen LogP contribution in [0.5, 0.6) is 0 Å². The molecule has 0 spiro atoms. The van der Waals surface area contributed by atoms with Crippen molar-refractivity contribution in [3.63, 3.8) is 0 Å². The number of ether oxygens (including phenoxy) is 2. The number of rotatable bonds is 3. The molecule has 0 N–H and O–H groups in total. The first kappa shape index (κ1) is 16.3. The van der Waals surface area contributed by atoms with E-state index >= 15 is 0 Å². The van der Waals surface area contributed by atoms with Crippen molar-refractivity contribution in [3.05, 3.63) is 0 Å². The molecule has 0 aromatic carbocycles. The van der Waals surface area contributed by atoms with E-state index in [0.717, 1.165) is 35.5 Å². The molecule has 4 rings (SSSR count). The second-order valence-corrected chi connectivity index (χ2v) is 7.94. The van der Waals surface area contributed by atoms with Crippen molar-refractivity contribution in [2.75, 3.05) is 0 Å². The van der Waals surface area contributed by atoms with E-state index in [-0.39, 0.29) is 12.3 Å². The summed E-state index contributed by atoms with van der Waals surface area (Å²) in [6.07, 6.45) is 8.25. The summed E-state index contributed by atoms with van der Waals surface area (Å²) >= 11 is 0. The van der Waals surface area contributed by atoms with E-state index in [4.69, 9.17) is 9.47 Å². The number of esters is 1. The summed E-state index contributed by atoms with van der Waals surface area (Å²) < 4.78 is 11.2. The van der Waals surface area contributed by atoms with E-state index in [1.54, 1.807) is 0 Å². The molecule has 126 valence electrons. The Morgan fingerprint density at radius 2 is 1.68 bits per heavy atom. The van der Waals surface area contributed by atoms with Gasteiger partial charge in [-0.3, -0.25) is 4.79 Å². The van der Waals surface area contributed by atoms with Gasteiger partial charge in [-0.05, 0) is 74.5 Å². The van der Waals surface area contributed by atoms with Gasteiger partial charge in [0.1, 0.15) is 0 Å². The second kappa shape index (κ2) is 6.51. The highest BCUT2D eigenvalue weighted by molar-refractivity contribution is 5.65. The van der Waals surface area contributed by atoms with Gasteiger partial charge in [-0.15, -0.1) is 0 Å². The molecule has 4 fully saturated rings. The minimum atomic E-state index is -0.376. The molecule has 22 heavy (non-hydrogen) atoms. The maximum absolute atomic E-state index is 11.0. The largest absolute Gasteiger partial charge is 0.436 e. The maximum Gasteiger partial charge on any atom is 0.304 e. The van der Waals surface area contributed by atoms with Gasteiger partial charge in [0.25, 0.3) is 0 Å². The molecule has 4 bridgehead atoms. The zero-order valence-corrected chi connectivity index (χ0v) is 14.6. The van der Waals surface area contributed by atoms with Crippen molar-refractivity contribution < 1.29 is 14.3 Å². The Labute approximate surface area is 135 Å². The molecule has 0 saturated heterocycles. The van der Waals surface area contributed by atoms with Crippen LogP contribution in [0, 0.1) is 35.5 Å². The van der Waals surface area contributed by atoms with Crippen LogP contribution in [0.2, 0.25) is 0 Å². The molecule has 4 aliphatic rings. The van der Waals surface area contributed by atoms with Gasteiger partial charge < -0.3 is 9.47 Å². The molecule has 0 aliphatic heterocycles. The molecule has 0 radical (unpaired) electrons. The highest BCUT2D eigenvalue weighted by atomic mass is 16.7. The standard InChI is InChI=1S/C16H24O3.C3H8/c1-8(17)18-9(2)19-14-7-12-6-13(14)16-11-4-3-10(5-11)15(12)16;1-3-2/h9-16H,3-7H2,1-2H3;3H2,1-2H3. The molecule has 8 unspecified atom stereocenters. The lowest BCUT2D eigenvalue weighted by atomic mass is 9.70. The fourth-order valence-electron chi connectivity index (χ4n) is 6.17. The van der Waals surface area contributed by atoms with Crippen LogP contribution in [0.3, 0.4) is 0 Å². The molecule has 0 heterocycles. The van der Waals surface area contributed by atoms with Crippen molar-refractivity contribution in [3.8, 4) is 0 Å². The number of carbonyl (C=O) groups is 1. The zero-order chi connectivity index (χ0) is 15.9. The Hall–Kier alpha value is -0.570. The minimum Gasteiger partial charge on any atom is -0.436 e. The van der Waals surface area contributed by atoms with Gasteiger partial charge in [-0.25, -0.2) is 0 Å². The Balaban J connectivity index is 0.000000446. The van der Waals surface area contributed by atoms with Gasteiger partial charge in [0.15, 0.2) is 6.29 Å². The number of hydrogen-bond donors (Lipinski definition) is 0. The Morgan fingerprint density at radius 3 is 2.32 bits per heavy atom. The van der Waals surface area contributed by atoms with Gasteiger partial charge in [0, 0.05) is 6.92 Å². The lowest BCUT2D eigenvalue weighted by Gasteiger charge is -2.39. The monoisotopic (exact) mass is 308 g/mol. The summed E-state index contributed by atoms with van der Waals surface area (Å²) in [5.74, 6) is 5.40. The van der Waals surface area contributed by atoms with Crippen LogP contribution in [-0.4, -0.2) is 18.4 Å². The molecular formula is C19H32O3. The molecule has 0 aromatic rings. The van der Waals surface area contributed by atoms with Gasteiger partial charge in [-0.1, -0.05) is 20.3 Å². The quantitative estimate of drug-likeness (QED) is 0.440. The van der Waals surface area contributed by atoms with Gasteiger partial charge in [0.2, 0.25) is 0 Å². The van der Waals surface area contributed by atoms with E-state index in [1.165, 1.54) is 45.4 Å². The summed E-state index contributed by atoms with van der Waals surface area (Å²) in [6, 6.07) is 0. The fourth-order valence-corrected chi connectivity index (χ4v) is 6.17. The van der Waals surface area contributed by atoms with Crippen molar-refractivity contribution >= 4 is 5.97 Å². The van der Waals surface area contributed by atoms with Gasteiger partial charge >= 0.3 is 5.97 Å². The molecule has 8 atom stereocenters. The van der Waals surface area contributed by atoms with Crippen LogP contribution in [0.15, 0.2) is 0 Å². The van der Waals surface area contributed by atoms with Gasteiger partial charge in [-0.2, -0.15) is 0 Å². The van der Waals surface area contributed by atoms with Crippen LogP contribution in [0.4, 0.5) is 0 Å². The Bertz CT molecular complexity index is 407. The maximum atomic E-state index is 11.0. The minimum absolute atomic E-state index is 0.242. The molecular weight excluding hydrogens is 276 g/mol. The first-order chi connectivity index (χ1) is 10.5. The molecule has 0 aromatic heterocycles. The molecule has 3 nitrogen and oxygen atoms in total. The SMILES string of the molecule is CC(=O)OC(C)OC1CC2CC1C1C3CCC(C3)C21.CCC. The third-order valence-electron chi connectivity index (χ3n) is 6.37. The van der Waals surface area contributed by atoms with E-state index in [0.29, 0.717) is 6.10 Å². The smallest absolute Gasteiger partial charge is 0.304 e. The van der Waals surface area contributed by atoms with Crippen LogP contribution in [0.1, 0.15) is 66.2 Å². The lowest BCUT2D eigenvalue weighted by Crippen LogP contribution is -2.38. The fraction of sp³-hybridized carbons (Fsp3) is 0.947. The Kier molecular flexibility index (Phi) is 4.82. The van der Waals surface area contributed by atoms with E-state index in [1.807, 2.05) is 6.92 Å². The summed E-state index contributed by atoms with van der Waals surface area (Å²) in [7, 11) is 0. The van der Waals surface area contributed by atoms with E-state index in [9.17, 15) is 4.79 Å². The van der Waals surface area contributed by atoms with Gasteiger partial charge in [0.05, 0.1) is 6.10 Å². The molecule has 4 saturated carbocycles. The van der Waals surface area contributed by atoms with Crippen LogP contribution in [-0.2, 0) is 14.3 Å². The predicted octanol–water partition coefficient (Wildman–Crippen LogP) is 4.40. The third-order valence-corrected chi connectivity index (χ3v) is 6.37. The predicted molar refractivity (Wildman–Crippen MR) is 86.1 cm³/mol. The highest BCUT2D eigenvalue weighted by Crippen LogP contribution is 2.67. The Morgan fingerprint density at radius 1 is 1.05 bits per heavy atom. The summed E-state index contributed by atoms with van der Waals surface area (Å²) in [5.41, 5.74) is 0. The molecule has 0 amide bonds. The first-order valence-corrected chi connectivity index (χ1v) is 9.37. The zero-order valence-electron chi connectivity index (χ0n) is 14.6. The molecule has 4 aliphatic carbocycles.